The molecule has 0 aliphatic rings. The van der Waals surface area contributed by atoms with E-state index in [1.807, 2.05) is 31.2 Å². The van der Waals surface area contributed by atoms with E-state index in [4.69, 9.17) is 11.6 Å². The van der Waals surface area contributed by atoms with Crippen molar-refractivity contribution in [1.82, 2.24) is 15.5 Å². The van der Waals surface area contributed by atoms with Crippen LogP contribution in [0.1, 0.15) is 18.5 Å². The summed E-state index contributed by atoms with van der Waals surface area (Å²) in [4.78, 5) is 12.0. The maximum Gasteiger partial charge on any atom is 0.230 e. The van der Waals surface area contributed by atoms with Gasteiger partial charge in [0.1, 0.15) is 0 Å². The molecule has 2 rings (SSSR count). The van der Waals surface area contributed by atoms with Crippen LogP contribution in [0.4, 0.5) is 5.13 Å². The van der Waals surface area contributed by atoms with Crippen LogP contribution in [-0.4, -0.2) is 28.4 Å². The van der Waals surface area contributed by atoms with Crippen LogP contribution in [0.3, 0.4) is 0 Å². The van der Waals surface area contributed by atoms with Gasteiger partial charge in [0.15, 0.2) is 4.34 Å². The maximum atomic E-state index is 12.0. The molecule has 2 aromatic rings. The number of rotatable bonds is 8. The molecule has 0 bridgehead atoms. The molecule has 0 spiro atoms. The lowest BCUT2D eigenvalue weighted by Crippen LogP contribution is -2.28. The van der Waals surface area contributed by atoms with Crippen molar-refractivity contribution in [2.45, 2.75) is 17.3 Å². The van der Waals surface area contributed by atoms with E-state index in [0.717, 1.165) is 15.0 Å². The van der Waals surface area contributed by atoms with E-state index >= 15 is 0 Å². The van der Waals surface area contributed by atoms with Crippen LogP contribution in [-0.2, 0) is 4.79 Å². The Morgan fingerprint density at radius 3 is 3.00 bits per heavy atom. The molecule has 0 radical (unpaired) electrons. The predicted molar refractivity (Wildman–Crippen MR) is 97.3 cm³/mol. The summed E-state index contributed by atoms with van der Waals surface area (Å²) in [6.45, 7) is 6.17. The topological polar surface area (TPSA) is 66.9 Å². The number of nitrogens with zero attached hydrogens (tertiary/aromatic N) is 2. The minimum absolute atomic E-state index is 0.0711. The van der Waals surface area contributed by atoms with E-state index in [0.29, 0.717) is 11.6 Å². The van der Waals surface area contributed by atoms with Gasteiger partial charge in [-0.1, -0.05) is 59.0 Å². The normalized spacial score (nSPS) is 11.7. The highest BCUT2D eigenvalue weighted by Crippen LogP contribution is 2.26. The average Bonchev–Trinajstić information content (AvgIpc) is 2.99. The van der Waals surface area contributed by atoms with Gasteiger partial charge in [-0.05, 0) is 18.6 Å². The number of halogens is 1. The number of hydrogen-bond acceptors (Lipinski definition) is 6. The van der Waals surface area contributed by atoms with Crippen LogP contribution < -0.4 is 10.6 Å². The SMILES string of the molecule is C=CCNc1nnc(SCC(=O)N[C@@H](C)c2ccccc2Cl)s1. The zero-order valence-corrected chi connectivity index (χ0v) is 15.0. The molecule has 0 unspecified atom stereocenters. The fourth-order valence-electron chi connectivity index (χ4n) is 1.81. The third-order valence-corrected chi connectivity index (χ3v) is 5.24. The number of anilines is 1. The van der Waals surface area contributed by atoms with Gasteiger partial charge < -0.3 is 10.6 Å². The number of amides is 1. The molecule has 2 N–H and O–H groups in total. The number of thioether (sulfide) groups is 1. The van der Waals surface area contributed by atoms with Crippen molar-refractivity contribution in [1.29, 1.82) is 0 Å². The molecule has 1 aromatic carbocycles. The van der Waals surface area contributed by atoms with Gasteiger partial charge in [0.2, 0.25) is 11.0 Å². The Hall–Kier alpha value is -1.57. The predicted octanol–water partition coefficient (Wildman–Crippen LogP) is 3.76. The van der Waals surface area contributed by atoms with Gasteiger partial charge >= 0.3 is 0 Å². The number of carbonyl (C=O) groups is 1. The molecule has 5 nitrogen and oxygen atoms in total. The largest absolute Gasteiger partial charge is 0.357 e. The molecule has 0 saturated carbocycles. The molecule has 1 atom stereocenters. The molecular weight excluding hydrogens is 352 g/mol. The second-order valence-corrected chi connectivity index (χ2v) is 7.25. The summed E-state index contributed by atoms with van der Waals surface area (Å²) < 4.78 is 0.747. The van der Waals surface area contributed by atoms with Gasteiger partial charge in [-0.25, -0.2) is 0 Å². The number of carbonyl (C=O) groups excluding carboxylic acids is 1. The smallest absolute Gasteiger partial charge is 0.230 e. The monoisotopic (exact) mass is 368 g/mol. The third-order valence-electron chi connectivity index (χ3n) is 2.88. The molecule has 1 amide bonds. The highest BCUT2D eigenvalue weighted by atomic mass is 35.5. The number of benzene rings is 1. The molecule has 0 aliphatic heterocycles. The van der Waals surface area contributed by atoms with Crippen molar-refractivity contribution < 1.29 is 4.79 Å². The Labute approximate surface area is 148 Å². The van der Waals surface area contributed by atoms with Crippen molar-refractivity contribution in [3.63, 3.8) is 0 Å². The molecule has 0 fully saturated rings. The summed E-state index contributed by atoms with van der Waals surface area (Å²) in [5.74, 6) is 0.212. The lowest BCUT2D eigenvalue weighted by Gasteiger charge is -2.15. The van der Waals surface area contributed by atoms with E-state index in [9.17, 15) is 4.79 Å². The molecule has 0 saturated heterocycles. The molecule has 1 aromatic heterocycles. The van der Waals surface area contributed by atoms with Crippen molar-refractivity contribution in [2.75, 3.05) is 17.6 Å². The Balaban J connectivity index is 1.82. The first-order valence-corrected chi connectivity index (χ1v) is 9.13. The zero-order chi connectivity index (χ0) is 16.7. The van der Waals surface area contributed by atoms with E-state index in [-0.39, 0.29) is 17.7 Å². The maximum absolute atomic E-state index is 12.0. The average molecular weight is 369 g/mol. The summed E-state index contributed by atoms with van der Waals surface area (Å²) >= 11 is 8.90. The minimum atomic E-state index is -0.143. The number of nitrogens with one attached hydrogen (secondary N) is 2. The Bertz CT molecular complexity index is 677. The molecule has 1 heterocycles. The molecular formula is C15H17ClN4OS2. The summed E-state index contributed by atoms with van der Waals surface area (Å²) in [7, 11) is 0. The quantitative estimate of drug-likeness (QED) is 0.548. The molecule has 23 heavy (non-hydrogen) atoms. The van der Waals surface area contributed by atoms with Crippen LogP contribution >= 0.6 is 34.7 Å². The fraction of sp³-hybridized carbons (Fsp3) is 0.267. The summed E-state index contributed by atoms with van der Waals surface area (Å²) in [6, 6.07) is 7.34. The summed E-state index contributed by atoms with van der Waals surface area (Å²) in [6.07, 6.45) is 1.75. The van der Waals surface area contributed by atoms with Crippen LogP contribution in [0.5, 0.6) is 0 Å². The van der Waals surface area contributed by atoms with Gasteiger partial charge in [-0.3, -0.25) is 4.79 Å². The summed E-state index contributed by atoms with van der Waals surface area (Å²) in [5, 5.41) is 15.4. The van der Waals surface area contributed by atoms with Crippen LogP contribution in [0.25, 0.3) is 0 Å². The van der Waals surface area contributed by atoms with Crippen molar-refractivity contribution in [2.24, 2.45) is 0 Å². The van der Waals surface area contributed by atoms with Gasteiger partial charge in [0.05, 0.1) is 11.8 Å². The Kier molecular flexibility index (Phi) is 6.88. The van der Waals surface area contributed by atoms with E-state index in [1.54, 1.807) is 6.08 Å². The highest BCUT2D eigenvalue weighted by molar-refractivity contribution is 8.01. The Morgan fingerprint density at radius 1 is 1.48 bits per heavy atom. The molecule has 122 valence electrons. The number of aromatic nitrogens is 2. The van der Waals surface area contributed by atoms with Gasteiger partial charge in [0, 0.05) is 11.6 Å². The minimum Gasteiger partial charge on any atom is -0.357 e. The van der Waals surface area contributed by atoms with Crippen LogP contribution in [0.2, 0.25) is 5.02 Å². The van der Waals surface area contributed by atoms with E-state index < -0.39 is 0 Å². The van der Waals surface area contributed by atoms with Crippen LogP contribution in [0.15, 0.2) is 41.3 Å². The Morgan fingerprint density at radius 2 is 2.26 bits per heavy atom. The number of hydrogen-bond donors (Lipinski definition) is 2. The van der Waals surface area contributed by atoms with Crippen LogP contribution in [0, 0.1) is 0 Å². The second kappa shape index (κ2) is 8.90. The molecule has 0 aliphatic carbocycles. The second-order valence-electron chi connectivity index (χ2n) is 4.64. The fourth-order valence-corrected chi connectivity index (χ4v) is 3.68. The van der Waals surface area contributed by atoms with Gasteiger partial charge in [-0.15, -0.1) is 16.8 Å². The zero-order valence-electron chi connectivity index (χ0n) is 12.6. The molecule has 8 heteroatoms. The van der Waals surface area contributed by atoms with Gasteiger partial charge in [0.25, 0.3) is 0 Å². The van der Waals surface area contributed by atoms with Crippen molar-refractivity contribution in [3.8, 4) is 0 Å². The first-order valence-electron chi connectivity index (χ1n) is 6.95. The first-order chi connectivity index (χ1) is 11.1. The van der Waals surface area contributed by atoms with E-state index in [1.165, 1.54) is 23.1 Å². The lowest BCUT2D eigenvalue weighted by molar-refractivity contribution is -0.119. The first kappa shape index (κ1) is 17.8. The standard InChI is InChI=1S/C15H17ClN4OS2/c1-3-8-17-14-19-20-15(23-14)22-9-13(21)18-10(2)11-6-4-5-7-12(11)16/h3-7,10H,1,8-9H2,2H3,(H,17,19)(H,18,21)/t10-/m0/s1. The third kappa shape index (κ3) is 5.53. The summed E-state index contributed by atoms with van der Waals surface area (Å²) in [5.41, 5.74) is 0.902. The van der Waals surface area contributed by atoms with Gasteiger partial charge in [-0.2, -0.15) is 0 Å². The lowest BCUT2D eigenvalue weighted by atomic mass is 10.1. The van der Waals surface area contributed by atoms with Crippen molar-refractivity contribution >= 4 is 45.7 Å². The van der Waals surface area contributed by atoms with E-state index in [2.05, 4.69) is 27.4 Å². The highest BCUT2D eigenvalue weighted by Gasteiger charge is 2.13. The van der Waals surface area contributed by atoms with Crippen molar-refractivity contribution in [3.05, 3.63) is 47.5 Å².